The van der Waals surface area contributed by atoms with E-state index in [0.29, 0.717) is 11.4 Å². The SMILES string of the molecule is CCCCCCCCCCCNS(=O)(=O)c1ccc(CC)cc1. The molecule has 0 aliphatic carbocycles. The molecular weight excluding hydrogens is 306 g/mol. The Morgan fingerprint density at radius 2 is 1.30 bits per heavy atom. The molecule has 0 heterocycles. The van der Waals surface area contributed by atoms with E-state index in [4.69, 9.17) is 0 Å². The minimum absolute atomic E-state index is 0.366. The van der Waals surface area contributed by atoms with E-state index in [2.05, 4.69) is 18.6 Å². The monoisotopic (exact) mass is 339 g/mol. The summed E-state index contributed by atoms with van der Waals surface area (Å²) in [6.07, 6.45) is 12.1. The van der Waals surface area contributed by atoms with Gasteiger partial charge in [0.2, 0.25) is 10.0 Å². The summed E-state index contributed by atoms with van der Waals surface area (Å²) in [7, 11) is -3.34. The van der Waals surface area contributed by atoms with Gasteiger partial charge in [-0.3, -0.25) is 0 Å². The summed E-state index contributed by atoms with van der Waals surface area (Å²) in [5.74, 6) is 0. The van der Waals surface area contributed by atoms with E-state index in [1.54, 1.807) is 12.1 Å². The summed E-state index contributed by atoms with van der Waals surface area (Å²) in [4.78, 5) is 0.366. The van der Waals surface area contributed by atoms with Crippen molar-refractivity contribution in [2.24, 2.45) is 0 Å². The zero-order valence-corrected chi connectivity index (χ0v) is 15.6. The maximum atomic E-state index is 12.2. The molecule has 3 nitrogen and oxygen atoms in total. The van der Waals surface area contributed by atoms with Gasteiger partial charge < -0.3 is 0 Å². The number of hydrogen-bond acceptors (Lipinski definition) is 2. The maximum absolute atomic E-state index is 12.2. The molecule has 0 aliphatic heterocycles. The Morgan fingerprint density at radius 1 is 0.783 bits per heavy atom. The van der Waals surface area contributed by atoms with Gasteiger partial charge in [0.15, 0.2) is 0 Å². The number of hydrogen-bond donors (Lipinski definition) is 1. The van der Waals surface area contributed by atoms with Crippen molar-refractivity contribution < 1.29 is 8.42 Å². The van der Waals surface area contributed by atoms with Crippen LogP contribution in [-0.2, 0) is 16.4 Å². The average molecular weight is 340 g/mol. The van der Waals surface area contributed by atoms with Crippen LogP contribution in [0.2, 0.25) is 0 Å². The number of sulfonamides is 1. The van der Waals surface area contributed by atoms with Crippen LogP contribution in [0.3, 0.4) is 0 Å². The van der Waals surface area contributed by atoms with E-state index < -0.39 is 10.0 Å². The molecule has 0 amide bonds. The topological polar surface area (TPSA) is 46.2 Å². The molecule has 0 aliphatic rings. The summed E-state index contributed by atoms with van der Waals surface area (Å²) >= 11 is 0. The highest BCUT2D eigenvalue weighted by atomic mass is 32.2. The van der Waals surface area contributed by atoms with E-state index >= 15 is 0 Å². The standard InChI is InChI=1S/C19H33NO2S/c1-3-5-6-7-8-9-10-11-12-17-20-23(21,22)19-15-13-18(4-2)14-16-19/h13-16,20H,3-12,17H2,1-2H3. The summed E-state index contributed by atoms with van der Waals surface area (Å²) in [5, 5.41) is 0. The van der Waals surface area contributed by atoms with Gasteiger partial charge in [-0.15, -0.1) is 0 Å². The number of aryl methyl sites for hydroxylation is 1. The Morgan fingerprint density at radius 3 is 1.83 bits per heavy atom. The van der Waals surface area contributed by atoms with Crippen molar-refractivity contribution in [3.8, 4) is 0 Å². The minimum Gasteiger partial charge on any atom is -0.211 e. The van der Waals surface area contributed by atoms with Crippen LogP contribution in [0.4, 0.5) is 0 Å². The summed E-state index contributed by atoms with van der Waals surface area (Å²) in [6, 6.07) is 7.15. The highest BCUT2D eigenvalue weighted by Gasteiger charge is 2.12. The lowest BCUT2D eigenvalue weighted by molar-refractivity contribution is 0.554. The van der Waals surface area contributed by atoms with Gasteiger partial charge in [-0.25, -0.2) is 13.1 Å². The van der Waals surface area contributed by atoms with E-state index in [-0.39, 0.29) is 0 Å². The first-order valence-corrected chi connectivity index (χ1v) is 10.7. The molecule has 1 aromatic carbocycles. The highest BCUT2D eigenvalue weighted by Crippen LogP contribution is 2.12. The molecule has 0 bridgehead atoms. The molecule has 0 radical (unpaired) electrons. The van der Waals surface area contributed by atoms with E-state index in [1.807, 2.05) is 12.1 Å². The fourth-order valence-electron chi connectivity index (χ4n) is 2.63. The molecular formula is C19H33NO2S. The second-order valence-electron chi connectivity index (χ2n) is 6.22. The average Bonchev–Trinajstić information content (AvgIpc) is 2.56. The lowest BCUT2D eigenvalue weighted by Crippen LogP contribution is -2.24. The van der Waals surface area contributed by atoms with Crippen LogP contribution in [0.15, 0.2) is 29.2 Å². The first-order chi connectivity index (χ1) is 11.1. The Bertz CT molecular complexity index is 509. The van der Waals surface area contributed by atoms with E-state index in [0.717, 1.165) is 24.8 Å². The van der Waals surface area contributed by atoms with Gasteiger partial charge in [0, 0.05) is 6.54 Å². The van der Waals surface area contributed by atoms with Crippen LogP contribution >= 0.6 is 0 Å². The summed E-state index contributed by atoms with van der Waals surface area (Å²) in [5.41, 5.74) is 1.16. The van der Waals surface area contributed by atoms with Crippen LogP contribution < -0.4 is 4.72 Å². The predicted molar refractivity (Wildman–Crippen MR) is 98.2 cm³/mol. The van der Waals surface area contributed by atoms with Crippen LogP contribution in [0, 0.1) is 0 Å². The van der Waals surface area contributed by atoms with Crippen LogP contribution in [0.5, 0.6) is 0 Å². The van der Waals surface area contributed by atoms with Crippen molar-refractivity contribution in [3.05, 3.63) is 29.8 Å². The van der Waals surface area contributed by atoms with Crippen LogP contribution in [0.25, 0.3) is 0 Å². The second kappa shape index (κ2) is 11.6. The molecule has 1 rings (SSSR count). The summed E-state index contributed by atoms with van der Waals surface area (Å²) in [6.45, 7) is 4.83. The van der Waals surface area contributed by atoms with Gasteiger partial charge in [-0.1, -0.05) is 77.3 Å². The molecule has 0 unspecified atom stereocenters. The molecule has 0 saturated carbocycles. The van der Waals surface area contributed by atoms with Crippen molar-refractivity contribution in [2.75, 3.05) is 6.54 Å². The molecule has 4 heteroatoms. The number of unbranched alkanes of at least 4 members (excludes halogenated alkanes) is 8. The molecule has 0 fully saturated rings. The lowest BCUT2D eigenvalue weighted by atomic mass is 10.1. The van der Waals surface area contributed by atoms with Crippen LogP contribution in [0.1, 0.15) is 77.2 Å². The van der Waals surface area contributed by atoms with Crippen molar-refractivity contribution >= 4 is 10.0 Å². The zero-order valence-electron chi connectivity index (χ0n) is 14.8. The number of benzene rings is 1. The van der Waals surface area contributed by atoms with Gasteiger partial charge in [0.1, 0.15) is 0 Å². The van der Waals surface area contributed by atoms with Gasteiger partial charge in [0.25, 0.3) is 0 Å². The fraction of sp³-hybridized carbons (Fsp3) is 0.684. The second-order valence-corrected chi connectivity index (χ2v) is 7.99. The van der Waals surface area contributed by atoms with Crippen molar-refractivity contribution in [1.82, 2.24) is 4.72 Å². The quantitative estimate of drug-likeness (QED) is 0.511. The maximum Gasteiger partial charge on any atom is 0.240 e. The van der Waals surface area contributed by atoms with E-state index in [1.165, 1.54) is 44.9 Å². The number of nitrogens with one attached hydrogen (secondary N) is 1. The van der Waals surface area contributed by atoms with Gasteiger partial charge in [-0.2, -0.15) is 0 Å². The molecule has 0 atom stereocenters. The Balaban J connectivity index is 2.14. The van der Waals surface area contributed by atoms with Crippen molar-refractivity contribution in [2.45, 2.75) is 83.0 Å². The molecule has 132 valence electrons. The smallest absolute Gasteiger partial charge is 0.211 e. The molecule has 1 N–H and O–H groups in total. The molecule has 0 spiro atoms. The Kier molecular flexibility index (Phi) is 10.2. The van der Waals surface area contributed by atoms with Crippen LogP contribution in [-0.4, -0.2) is 15.0 Å². The third-order valence-corrected chi connectivity index (χ3v) is 5.69. The lowest BCUT2D eigenvalue weighted by Gasteiger charge is -2.07. The van der Waals surface area contributed by atoms with Gasteiger partial charge in [-0.05, 0) is 30.5 Å². The minimum atomic E-state index is -3.34. The Labute approximate surface area is 142 Å². The van der Waals surface area contributed by atoms with Crippen molar-refractivity contribution in [1.29, 1.82) is 0 Å². The third kappa shape index (κ3) is 8.52. The zero-order chi connectivity index (χ0) is 17.0. The Hall–Kier alpha value is -0.870. The first kappa shape index (κ1) is 20.2. The van der Waals surface area contributed by atoms with Gasteiger partial charge >= 0.3 is 0 Å². The molecule has 0 saturated heterocycles. The predicted octanol–water partition coefficient (Wildman–Crippen LogP) is 5.06. The molecule has 23 heavy (non-hydrogen) atoms. The normalized spacial score (nSPS) is 11.7. The van der Waals surface area contributed by atoms with Gasteiger partial charge in [0.05, 0.1) is 4.90 Å². The number of rotatable bonds is 13. The van der Waals surface area contributed by atoms with Crippen molar-refractivity contribution in [3.63, 3.8) is 0 Å². The third-order valence-electron chi connectivity index (χ3n) is 4.21. The molecule has 0 aromatic heterocycles. The highest BCUT2D eigenvalue weighted by molar-refractivity contribution is 7.89. The van der Waals surface area contributed by atoms with E-state index in [9.17, 15) is 8.42 Å². The molecule has 1 aromatic rings. The first-order valence-electron chi connectivity index (χ1n) is 9.18. The largest absolute Gasteiger partial charge is 0.240 e. The summed E-state index contributed by atoms with van der Waals surface area (Å²) < 4.78 is 27.0. The fourth-order valence-corrected chi connectivity index (χ4v) is 3.70.